The molecule has 0 amide bonds. The van der Waals surface area contributed by atoms with E-state index in [1.807, 2.05) is 0 Å². The maximum atomic E-state index is 12.5. The molecule has 0 saturated heterocycles. The van der Waals surface area contributed by atoms with Crippen molar-refractivity contribution in [2.75, 3.05) is 0 Å². The van der Waals surface area contributed by atoms with Crippen molar-refractivity contribution < 1.29 is 4.39 Å². The van der Waals surface area contributed by atoms with Crippen molar-refractivity contribution in [3.8, 4) is 0 Å². The van der Waals surface area contributed by atoms with Crippen LogP contribution in [-0.2, 0) is 0 Å². The Balaban J connectivity index is 3.31. The van der Waals surface area contributed by atoms with Gasteiger partial charge >= 0.3 is 0 Å². The van der Waals surface area contributed by atoms with Crippen LogP contribution in [0, 0.1) is 9.39 Å². The molecule has 0 radical (unpaired) electrons. The van der Waals surface area contributed by atoms with Crippen LogP contribution in [0.5, 0.6) is 0 Å². The van der Waals surface area contributed by atoms with Crippen LogP contribution in [0.15, 0.2) is 21.1 Å². The van der Waals surface area contributed by atoms with Gasteiger partial charge in [0.15, 0.2) is 0 Å². The maximum absolute atomic E-state index is 12.5. The van der Waals surface area contributed by atoms with Crippen molar-refractivity contribution in [2.24, 2.45) is 0 Å². The summed E-state index contributed by atoms with van der Waals surface area (Å²) in [6.07, 6.45) is 0. The summed E-state index contributed by atoms with van der Waals surface area (Å²) in [7, 11) is 0. The van der Waals surface area contributed by atoms with Gasteiger partial charge in [0.1, 0.15) is 5.82 Å². The molecule has 10 heavy (non-hydrogen) atoms. The largest absolute Gasteiger partial charge is 0.207 e. The Hall–Kier alpha value is 0.840. The van der Waals surface area contributed by atoms with Gasteiger partial charge in [0.2, 0.25) is 0 Å². The Bertz CT molecular complexity index is 239. The Labute approximate surface area is 88.6 Å². The van der Waals surface area contributed by atoms with E-state index in [1.54, 1.807) is 0 Å². The van der Waals surface area contributed by atoms with Gasteiger partial charge in [-0.05, 0) is 66.6 Å². The van der Waals surface area contributed by atoms with Crippen molar-refractivity contribution in [1.29, 1.82) is 0 Å². The normalized spacial score (nSPS) is 10.0. The van der Waals surface area contributed by atoms with Crippen LogP contribution in [0.3, 0.4) is 0 Å². The van der Waals surface area contributed by atoms with E-state index in [4.69, 9.17) is 0 Å². The molecule has 0 unspecified atom stereocenters. The molecule has 4 heteroatoms. The fourth-order valence-electron chi connectivity index (χ4n) is 0.525. The van der Waals surface area contributed by atoms with Crippen LogP contribution in [-0.4, -0.2) is 0 Å². The fourth-order valence-corrected chi connectivity index (χ4v) is 1.97. The fraction of sp³-hybridized carbons (Fsp3) is 0. The molecule has 1 aromatic carbocycles. The lowest BCUT2D eigenvalue weighted by atomic mass is 10.4. The summed E-state index contributed by atoms with van der Waals surface area (Å²) in [6, 6.07) is 2.87. The highest BCUT2D eigenvalue weighted by Gasteiger charge is 2.02. The van der Waals surface area contributed by atoms with Gasteiger partial charge in [0.25, 0.3) is 0 Å². The summed E-state index contributed by atoms with van der Waals surface area (Å²) < 4.78 is 15.1. The topological polar surface area (TPSA) is 0 Å². The van der Waals surface area contributed by atoms with Crippen molar-refractivity contribution in [3.63, 3.8) is 0 Å². The first-order valence-electron chi connectivity index (χ1n) is 2.41. The van der Waals surface area contributed by atoms with Gasteiger partial charge in [-0.3, -0.25) is 0 Å². The third-order valence-corrected chi connectivity index (χ3v) is 4.84. The Kier molecular flexibility index (Phi) is 3.12. The summed E-state index contributed by atoms with van der Waals surface area (Å²) in [5.41, 5.74) is 0. The Morgan fingerprint density at radius 2 is 1.60 bits per heavy atom. The molecule has 0 heterocycles. The minimum absolute atomic E-state index is 0.237. The zero-order valence-corrected chi connectivity index (χ0v) is 10.00. The third-order valence-electron chi connectivity index (χ3n) is 0.949. The number of hydrogen-bond donors (Lipinski definition) is 0. The smallest absolute Gasteiger partial charge is 0.125 e. The second kappa shape index (κ2) is 3.49. The minimum atomic E-state index is -0.237. The van der Waals surface area contributed by atoms with Gasteiger partial charge in [-0.15, -0.1) is 0 Å². The van der Waals surface area contributed by atoms with E-state index in [0.29, 0.717) is 0 Å². The number of rotatable bonds is 0. The predicted molar refractivity (Wildman–Crippen MR) is 54.5 cm³/mol. The molecule has 0 N–H and O–H groups in total. The van der Waals surface area contributed by atoms with Crippen molar-refractivity contribution in [3.05, 3.63) is 30.5 Å². The molecular weight excluding hydrogens is 378 g/mol. The summed E-state index contributed by atoms with van der Waals surface area (Å²) in [4.78, 5) is 0. The minimum Gasteiger partial charge on any atom is -0.207 e. The summed E-state index contributed by atoms with van der Waals surface area (Å²) in [5, 5.41) is 0. The number of hydrogen-bond acceptors (Lipinski definition) is 0. The molecule has 0 atom stereocenters. The zero-order chi connectivity index (χ0) is 7.72. The molecule has 0 fully saturated rings. The number of halogens is 4. The van der Waals surface area contributed by atoms with Crippen LogP contribution in [0.4, 0.5) is 4.39 Å². The average molecular weight is 380 g/mol. The van der Waals surface area contributed by atoms with E-state index in [9.17, 15) is 4.39 Å². The second-order valence-electron chi connectivity index (χ2n) is 1.68. The van der Waals surface area contributed by atoms with Crippen LogP contribution in [0.1, 0.15) is 0 Å². The molecule has 1 aromatic rings. The van der Waals surface area contributed by atoms with Gasteiger partial charge in [-0.2, -0.15) is 0 Å². The van der Waals surface area contributed by atoms with Crippen LogP contribution < -0.4 is 0 Å². The first-order valence-corrected chi connectivity index (χ1v) is 5.08. The summed E-state index contributed by atoms with van der Waals surface area (Å²) >= 11 is 8.56. The molecule has 54 valence electrons. The third kappa shape index (κ3) is 1.92. The van der Waals surface area contributed by atoms with Gasteiger partial charge in [0, 0.05) is 12.5 Å². The van der Waals surface area contributed by atoms with Gasteiger partial charge in [-0.25, -0.2) is 4.39 Å². The SMILES string of the molecule is Fc1cc(Br)c(I)c(Br)c1. The lowest BCUT2D eigenvalue weighted by molar-refractivity contribution is 0.625. The van der Waals surface area contributed by atoms with E-state index in [1.165, 1.54) is 12.1 Å². The highest BCUT2D eigenvalue weighted by atomic mass is 127. The summed E-state index contributed by atoms with van der Waals surface area (Å²) in [5.74, 6) is -0.237. The van der Waals surface area contributed by atoms with Crippen LogP contribution in [0.25, 0.3) is 0 Å². The monoisotopic (exact) mass is 378 g/mol. The molecule has 0 nitrogen and oxygen atoms in total. The molecule has 0 aromatic heterocycles. The first-order chi connectivity index (χ1) is 4.61. The van der Waals surface area contributed by atoms with Gasteiger partial charge < -0.3 is 0 Å². The lowest BCUT2D eigenvalue weighted by Crippen LogP contribution is -1.80. The molecule has 0 saturated carbocycles. The highest BCUT2D eigenvalue weighted by molar-refractivity contribution is 14.1. The zero-order valence-electron chi connectivity index (χ0n) is 4.67. The molecular formula is C6H2Br2FI. The standard InChI is InChI=1S/C6H2Br2FI/c7-4-1-3(9)2-5(8)6(4)10/h1-2H. The van der Waals surface area contributed by atoms with E-state index in [0.717, 1.165) is 12.5 Å². The van der Waals surface area contributed by atoms with E-state index < -0.39 is 0 Å². The van der Waals surface area contributed by atoms with Gasteiger partial charge in [-0.1, -0.05) is 0 Å². The summed E-state index contributed by atoms with van der Waals surface area (Å²) in [6.45, 7) is 0. The van der Waals surface area contributed by atoms with E-state index in [2.05, 4.69) is 54.5 Å². The highest BCUT2D eigenvalue weighted by Crippen LogP contribution is 2.27. The lowest BCUT2D eigenvalue weighted by Gasteiger charge is -1.98. The molecule has 1 rings (SSSR count). The number of benzene rings is 1. The second-order valence-corrected chi connectivity index (χ2v) is 4.47. The Morgan fingerprint density at radius 1 is 1.20 bits per heavy atom. The molecule has 0 bridgehead atoms. The average Bonchev–Trinajstić information content (AvgIpc) is 1.82. The van der Waals surface area contributed by atoms with Crippen molar-refractivity contribution in [2.45, 2.75) is 0 Å². The molecule has 0 aliphatic carbocycles. The predicted octanol–water partition coefficient (Wildman–Crippen LogP) is 3.96. The molecule has 0 spiro atoms. The van der Waals surface area contributed by atoms with Gasteiger partial charge in [0.05, 0.1) is 0 Å². The first kappa shape index (κ1) is 8.93. The van der Waals surface area contributed by atoms with Crippen LogP contribution in [0.2, 0.25) is 0 Å². The Morgan fingerprint density at radius 3 is 2.00 bits per heavy atom. The quantitative estimate of drug-likeness (QED) is 0.364. The van der Waals surface area contributed by atoms with Crippen molar-refractivity contribution >= 4 is 54.5 Å². The van der Waals surface area contributed by atoms with E-state index in [-0.39, 0.29) is 5.82 Å². The molecule has 0 aliphatic rings. The molecule has 0 aliphatic heterocycles. The van der Waals surface area contributed by atoms with Crippen LogP contribution >= 0.6 is 54.5 Å². The maximum Gasteiger partial charge on any atom is 0.125 e. The van der Waals surface area contributed by atoms with Crippen molar-refractivity contribution in [1.82, 2.24) is 0 Å². The van der Waals surface area contributed by atoms with E-state index >= 15 is 0 Å².